The van der Waals surface area contributed by atoms with Crippen LogP contribution in [0.1, 0.15) is 44.8 Å². The van der Waals surface area contributed by atoms with Crippen molar-refractivity contribution in [2.24, 2.45) is 0 Å². The Kier molecular flexibility index (Phi) is 5.81. The van der Waals surface area contributed by atoms with Gasteiger partial charge in [-0.2, -0.15) is 0 Å². The molecule has 0 spiro atoms. The molecule has 1 nitrogen and oxygen atoms in total. The van der Waals surface area contributed by atoms with Gasteiger partial charge in [0.2, 0.25) is 0 Å². The van der Waals surface area contributed by atoms with Gasteiger partial charge in [-0.05, 0) is 30.7 Å². The van der Waals surface area contributed by atoms with Crippen LogP contribution in [-0.4, -0.2) is 10.9 Å². The monoisotopic (exact) mass is 224 g/mol. The van der Waals surface area contributed by atoms with Crippen LogP contribution in [0.4, 0.5) is 0 Å². The number of unbranched alkanes of at least 4 members (excludes halogenated alkanes) is 2. The van der Waals surface area contributed by atoms with Gasteiger partial charge in [0.05, 0.1) is 6.10 Å². The molecule has 0 unspecified atom stereocenters. The summed E-state index contributed by atoms with van der Waals surface area (Å²) in [6.07, 6.45) is 3.46. The predicted molar refractivity (Wildman–Crippen MR) is 67.3 cm³/mol. The van der Waals surface area contributed by atoms with Gasteiger partial charge in [-0.15, -0.1) is 11.8 Å². The number of hydrogen-bond donors (Lipinski definition) is 1. The van der Waals surface area contributed by atoms with Crippen LogP contribution in [0.2, 0.25) is 0 Å². The van der Waals surface area contributed by atoms with Crippen molar-refractivity contribution in [2.75, 3.05) is 5.75 Å². The molecule has 0 saturated carbocycles. The van der Waals surface area contributed by atoms with E-state index in [-0.39, 0.29) is 6.10 Å². The van der Waals surface area contributed by atoms with Crippen LogP contribution in [0, 0.1) is 0 Å². The van der Waals surface area contributed by atoms with Gasteiger partial charge in [-0.25, -0.2) is 0 Å². The summed E-state index contributed by atoms with van der Waals surface area (Å²) < 4.78 is 0. The van der Waals surface area contributed by atoms with Gasteiger partial charge < -0.3 is 5.11 Å². The summed E-state index contributed by atoms with van der Waals surface area (Å²) in [4.78, 5) is 1.23. The van der Waals surface area contributed by atoms with E-state index in [2.05, 4.69) is 13.0 Å². The molecule has 0 heterocycles. The van der Waals surface area contributed by atoms with Gasteiger partial charge in [0, 0.05) is 4.90 Å². The van der Waals surface area contributed by atoms with Crippen LogP contribution < -0.4 is 0 Å². The molecule has 15 heavy (non-hydrogen) atoms. The zero-order valence-electron chi connectivity index (χ0n) is 9.57. The fraction of sp³-hybridized carbons (Fsp3) is 0.538. The van der Waals surface area contributed by atoms with Crippen LogP contribution in [0.15, 0.2) is 29.2 Å². The highest BCUT2D eigenvalue weighted by molar-refractivity contribution is 7.99. The molecule has 0 bridgehead atoms. The predicted octanol–water partition coefficient (Wildman–Crippen LogP) is 4.02. The summed E-state index contributed by atoms with van der Waals surface area (Å²) in [5.74, 6) is 1.15. The van der Waals surface area contributed by atoms with E-state index in [0.29, 0.717) is 0 Å². The van der Waals surface area contributed by atoms with Gasteiger partial charge in [0.25, 0.3) is 0 Å². The Morgan fingerprint density at radius 1 is 1.27 bits per heavy atom. The molecule has 0 saturated heterocycles. The van der Waals surface area contributed by atoms with E-state index in [1.807, 2.05) is 36.9 Å². The van der Waals surface area contributed by atoms with Gasteiger partial charge in [-0.3, -0.25) is 0 Å². The average molecular weight is 224 g/mol. The minimum Gasteiger partial charge on any atom is -0.389 e. The second-order valence-corrected chi connectivity index (χ2v) is 4.91. The van der Waals surface area contributed by atoms with Crippen molar-refractivity contribution in [1.29, 1.82) is 0 Å². The SMILES string of the molecule is CCCCCSc1ccccc1[C@H](C)O. The topological polar surface area (TPSA) is 20.2 Å². The minimum absolute atomic E-state index is 0.361. The zero-order valence-corrected chi connectivity index (χ0v) is 10.4. The molecule has 2 heteroatoms. The Hall–Kier alpha value is -0.470. The first-order valence-corrected chi connectivity index (χ1v) is 6.64. The van der Waals surface area contributed by atoms with Crippen molar-refractivity contribution in [3.05, 3.63) is 29.8 Å². The molecule has 84 valence electrons. The molecule has 0 aromatic heterocycles. The van der Waals surface area contributed by atoms with Crippen LogP contribution in [0.5, 0.6) is 0 Å². The first kappa shape index (κ1) is 12.6. The highest BCUT2D eigenvalue weighted by Gasteiger charge is 2.06. The Morgan fingerprint density at radius 2 is 2.00 bits per heavy atom. The average Bonchev–Trinajstić information content (AvgIpc) is 2.25. The van der Waals surface area contributed by atoms with Crippen molar-refractivity contribution in [1.82, 2.24) is 0 Å². The molecule has 1 aromatic rings. The first-order chi connectivity index (χ1) is 7.25. The smallest absolute Gasteiger partial charge is 0.0772 e. The second kappa shape index (κ2) is 6.91. The van der Waals surface area contributed by atoms with Gasteiger partial charge in [0.1, 0.15) is 0 Å². The lowest BCUT2D eigenvalue weighted by molar-refractivity contribution is 0.196. The molecule has 0 amide bonds. The maximum absolute atomic E-state index is 9.59. The number of thioether (sulfide) groups is 1. The maximum atomic E-state index is 9.59. The van der Waals surface area contributed by atoms with Crippen LogP contribution >= 0.6 is 11.8 Å². The van der Waals surface area contributed by atoms with E-state index in [0.717, 1.165) is 11.3 Å². The van der Waals surface area contributed by atoms with Crippen molar-refractivity contribution < 1.29 is 5.11 Å². The summed E-state index contributed by atoms with van der Waals surface area (Å²) in [6.45, 7) is 4.04. The third kappa shape index (κ3) is 4.27. The molecule has 0 radical (unpaired) electrons. The van der Waals surface area contributed by atoms with E-state index in [1.54, 1.807) is 0 Å². The van der Waals surface area contributed by atoms with Crippen molar-refractivity contribution >= 4 is 11.8 Å². The largest absolute Gasteiger partial charge is 0.389 e. The molecule has 1 aromatic carbocycles. The standard InChI is InChI=1S/C13H20OS/c1-3-4-7-10-15-13-9-6-5-8-12(13)11(2)14/h5-6,8-9,11,14H,3-4,7,10H2,1-2H3/t11-/m0/s1. The second-order valence-electron chi connectivity index (χ2n) is 3.77. The normalized spacial score (nSPS) is 12.7. The molecule has 0 aliphatic carbocycles. The Balaban J connectivity index is 2.52. The Morgan fingerprint density at radius 3 is 2.67 bits per heavy atom. The van der Waals surface area contributed by atoms with Crippen LogP contribution in [0.25, 0.3) is 0 Å². The summed E-state index contributed by atoms with van der Waals surface area (Å²) in [6, 6.07) is 8.12. The number of rotatable bonds is 6. The van der Waals surface area contributed by atoms with Crippen molar-refractivity contribution in [3.63, 3.8) is 0 Å². The van der Waals surface area contributed by atoms with E-state index in [9.17, 15) is 5.11 Å². The third-order valence-corrected chi connectivity index (χ3v) is 3.55. The molecule has 0 aliphatic heterocycles. The fourth-order valence-corrected chi connectivity index (χ4v) is 2.64. The lowest BCUT2D eigenvalue weighted by Gasteiger charge is -2.10. The number of hydrogen-bond acceptors (Lipinski definition) is 2. The fourth-order valence-electron chi connectivity index (χ4n) is 1.49. The summed E-state index contributed by atoms with van der Waals surface area (Å²) in [7, 11) is 0. The molecular formula is C13H20OS. The summed E-state index contributed by atoms with van der Waals surface area (Å²) in [5, 5.41) is 9.59. The van der Waals surface area contributed by atoms with Crippen LogP contribution in [0.3, 0.4) is 0 Å². The molecule has 1 atom stereocenters. The van der Waals surface area contributed by atoms with Gasteiger partial charge in [0.15, 0.2) is 0 Å². The van der Waals surface area contributed by atoms with Gasteiger partial charge in [-0.1, -0.05) is 38.0 Å². The van der Waals surface area contributed by atoms with Crippen LogP contribution in [-0.2, 0) is 0 Å². The summed E-state index contributed by atoms with van der Waals surface area (Å²) in [5.41, 5.74) is 1.05. The number of benzene rings is 1. The lowest BCUT2D eigenvalue weighted by atomic mass is 10.1. The highest BCUT2D eigenvalue weighted by atomic mass is 32.2. The molecule has 1 N–H and O–H groups in total. The van der Waals surface area contributed by atoms with Gasteiger partial charge >= 0.3 is 0 Å². The highest BCUT2D eigenvalue weighted by Crippen LogP contribution is 2.27. The first-order valence-electron chi connectivity index (χ1n) is 5.65. The van der Waals surface area contributed by atoms with E-state index in [1.165, 1.54) is 24.2 Å². The molecular weight excluding hydrogens is 204 g/mol. The van der Waals surface area contributed by atoms with E-state index in [4.69, 9.17) is 0 Å². The third-order valence-electron chi connectivity index (χ3n) is 2.37. The zero-order chi connectivity index (χ0) is 11.1. The van der Waals surface area contributed by atoms with E-state index >= 15 is 0 Å². The van der Waals surface area contributed by atoms with E-state index < -0.39 is 0 Å². The minimum atomic E-state index is -0.361. The molecule has 1 rings (SSSR count). The Labute approximate surface area is 96.9 Å². The number of aliphatic hydroxyl groups is 1. The Bertz CT molecular complexity index is 284. The van der Waals surface area contributed by atoms with Crippen molar-refractivity contribution in [2.45, 2.75) is 44.1 Å². The lowest BCUT2D eigenvalue weighted by Crippen LogP contribution is -1.94. The molecule has 0 fully saturated rings. The van der Waals surface area contributed by atoms with Crippen molar-refractivity contribution in [3.8, 4) is 0 Å². The molecule has 0 aliphatic rings. The maximum Gasteiger partial charge on any atom is 0.0772 e. The number of aliphatic hydroxyl groups excluding tert-OH is 1. The summed E-state index contributed by atoms with van der Waals surface area (Å²) >= 11 is 1.86. The quantitative estimate of drug-likeness (QED) is 0.581.